The summed E-state index contributed by atoms with van der Waals surface area (Å²) in [6.45, 7) is 5.24. The number of rotatable bonds is 0. The summed E-state index contributed by atoms with van der Waals surface area (Å²) < 4.78 is 0. The van der Waals surface area contributed by atoms with Gasteiger partial charge in [-0.2, -0.15) is 0 Å². The molecule has 2 aromatic carbocycles. The van der Waals surface area contributed by atoms with Gasteiger partial charge in [0.05, 0.1) is 0 Å². The maximum Gasteiger partial charge on any atom is 0.0137 e. The highest BCUT2D eigenvalue weighted by molar-refractivity contribution is 5.80. The molecule has 0 amide bonds. The standard InChI is InChI=1S/C30H30/c1-27-11-19-13-28(27,2)14-20(12-27)22-16-29-15-21(19)17-30(29,18-22)26-10-6-4-8-24(26)23-7-3-5-9-25(23)29/h3-10H,11-18H2,1-2H3. The summed E-state index contributed by atoms with van der Waals surface area (Å²) in [6, 6.07) is 18.9. The highest BCUT2D eigenvalue weighted by Crippen LogP contribution is 2.76. The lowest BCUT2D eigenvalue weighted by atomic mass is 9.55. The monoisotopic (exact) mass is 390 g/mol. The van der Waals surface area contributed by atoms with Gasteiger partial charge >= 0.3 is 0 Å². The van der Waals surface area contributed by atoms with Crippen molar-refractivity contribution in [2.24, 2.45) is 10.8 Å². The number of hydrogen-bond acceptors (Lipinski definition) is 0. The van der Waals surface area contributed by atoms with Crippen LogP contribution in [0.3, 0.4) is 0 Å². The molecule has 2 aromatic rings. The van der Waals surface area contributed by atoms with Crippen LogP contribution >= 0.6 is 0 Å². The van der Waals surface area contributed by atoms with Crippen molar-refractivity contribution in [1.82, 2.24) is 0 Å². The molecule has 0 aliphatic heterocycles. The van der Waals surface area contributed by atoms with Crippen LogP contribution < -0.4 is 0 Å². The Bertz CT molecular complexity index is 1100. The molecule has 0 nitrogen and oxygen atoms in total. The number of allylic oxidation sites excluding steroid dienone is 4. The fourth-order valence-electron chi connectivity index (χ4n) is 9.54. The Morgan fingerprint density at radius 3 is 1.20 bits per heavy atom. The van der Waals surface area contributed by atoms with Crippen LogP contribution in [0.2, 0.25) is 0 Å². The second-order valence-corrected chi connectivity index (χ2v) is 12.2. The van der Waals surface area contributed by atoms with E-state index in [1.807, 2.05) is 22.3 Å². The van der Waals surface area contributed by atoms with Gasteiger partial charge in [-0.25, -0.2) is 0 Å². The Morgan fingerprint density at radius 1 is 0.467 bits per heavy atom. The van der Waals surface area contributed by atoms with Crippen molar-refractivity contribution >= 4 is 0 Å². The average Bonchev–Trinajstić information content (AvgIpc) is 3.38. The Kier molecular flexibility index (Phi) is 2.61. The molecule has 0 radical (unpaired) electrons. The molecule has 0 heteroatoms. The topological polar surface area (TPSA) is 0 Å². The molecule has 0 atom stereocenters. The van der Waals surface area contributed by atoms with Crippen LogP contribution in [-0.2, 0) is 10.8 Å². The van der Waals surface area contributed by atoms with Gasteiger partial charge in [0.2, 0.25) is 0 Å². The minimum absolute atomic E-state index is 0.297. The van der Waals surface area contributed by atoms with E-state index in [9.17, 15) is 0 Å². The van der Waals surface area contributed by atoms with E-state index in [2.05, 4.69) is 62.4 Å². The lowest BCUT2D eigenvalue weighted by Crippen LogP contribution is -2.43. The van der Waals surface area contributed by atoms with Gasteiger partial charge < -0.3 is 0 Å². The molecule has 4 saturated carbocycles. The quantitative estimate of drug-likeness (QED) is 0.405. The van der Waals surface area contributed by atoms with E-state index in [4.69, 9.17) is 0 Å². The molecule has 9 aliphatic carbocycles. The lowest BCUT2D eigenvalue weighted by molar-refractivity contribution is 0.157. The Hall–Kier alpha value is -2.08. The first kappa shape index (κ1) is 16.6. The van der Waals surface area contributed by atoms with E-state index in [0.29, 0.717) is 21.7 Å². The second-order valence-electron chi connectivity index (χ2n) is 12.2. The predicted octanol–water partition coefficient (Wildman–Crippen LogP) is 7.64. The number of fused-ring (bicyclic) bond motifs is 3. The summed E-state index contributed by atoms with van der Waals surface area (Å²) >= 11 is 0. The van der Waals surface area contributed by atoms with Gasteiger partial charge in [0.1, 0.15) is 0 Å². The SMILES string of the molecule is CC12CC3=C4CC56CC(=C(C1)CC2(C)C3)CC5(C4)c1ccccc1-c1ccccc16. The van der Waals surface area contributed by atoms with Crippen molar-refractivity contribution in [1.29, 1.82) is 0 Å². The molecule has 11 rings (SSSR count). The summed E-state index contributed by atoms with van der Waals surface area (Å²) in [4.78, 5) is 0. The molecule has 0 unspecified atom stereocenters. The van der Waals surface area contributed by atoms with Gasteiger partial charge in [0.25, 0.3) is 0 Å². The van der Waals surface area contributed by atoms with Crippen LogP contribution in [0, 0.1) is 10.8 Å². The van der Waals surface area contributed by atoms with Crippen LogP contribution in [0.15, 0.2) is 70.8 Å². The normalized spacial score (nSPS) is 41.5. The van der Waals surface area contributed by atoms with Gasteiger partial charge in [0, 0.05) is 10.8 Å². The molecule has 0 N–H and O–H groups in total. The van der Waals surface area contributed by atoms with E-state index in [-0.39, 0.29) is 0 Å². The van der Waals surface area contributed by atoms with Crippen LogP contribution in [-0.4, -0.2) is 0 Å². The summed E-state index contributed by atoms with van der Waals surface area (Å²) in [7, 11) is 0. The fraction of sp³-hybridized carbons (Fsp3) is 0.467. The first-order valence-corrected chi connectivity index (χ1v) is 12.1. The average molecular weight is 391 g/mol. The Balaban J connectivity index is 1.50. The number of benzene rings is 2. The van der Waals surface area contributed by atoms with Crippen molar-refractivity contribution in [3.05, 3.63) is 82.0 Å². The Labute approximate surface area is 180 Å². The summed E-state index contributed by atoms with van der Waals surface area (Å²) in [5, 5.41) is 0. The molecule has 4 fully saturated rings. The minimum atomic E-state index is 0.297. The number of hydrogen-bond donors (Lipinski definition) is 0. The van der Waals surface area contributed by atoms with Crippen molar-refractivity contribution in [2.45, 2.75) is 76.0 Å². The largest absolute Gasteiger partial charge is 0.0698 e. The summed E-state index contributed by atoms with van der Waals surface area (Å²) in [5.74, 6) is 0. The van der Waals surface area contributed by atoms with E-state index < -0.39 is 0 Å². The van der Waals surface area contributed by atoms with Crippen molar-refractivity contribution in [3.63, 3.8) is 0 Å². The third-order valence-corrected chi connectivity index (χ3v) is 11.0. The molecule has 0 heterocycles. The molecule has 2 spiro atoms. The molecule has 30 heavy (non-hydrogen) atoms. The zero-order valence-electron chi connectivity index (χ0n) is 18.3. The van der Waals surface area contributed by atoms with Crippen LogP contribution in [0.25, 0.3) is 11.1 Å². The van der Waals surface area contributed by atoms with Crippen molar-refractivity contribution in [3.8, 4) is 11.1 Å². The van der Waals surface area contributed by atoms with Gasteiger partial charge in [-0.1, -0.05) is 84.7 Å². The van der Waals surface area contributed by atoms with Crippen molar-refractivity contribution < 1.29 is 0 Å². The first-order valence-electron chi connectivity index (χ1n) is 12.1. The lowest BCUT2D eigenvalue weighted by Gasteiger charge is -2.47. The van der Waals surface area contributed by atoms with Crippen LogP contribution in [0.1, 0.15) is 76.3 Å². The van der Waals surface area contributed by atoms with E-state index in [1.165, 1.54) is 62.5 Å². The zero-order valence-corrected chi connectivity index (χ0v) is 18.3. The maximum absolute atomic E-state index is 2.62. The maximum atomic E-state index is 2.62. The van der Waals surface area contributed by atoms with E-state index in [1.54, 1.807) is 11.1 Å². The molecule has 0 aromatic heterocycles. The van der Waals surface area contributed by atoms with Gasteiger partial charge in [-0.15, -0.1) is 0 Å². The third-order valence-electron chi connectivity index (χ3n) is 11.0. The highest BCUT2D eigenvalue weighted by Gasteiger charge is 2.67. The molecular weight excluding hydrogens is 360 g/mol. The highest BCUT2D eigenvalue weighted by atomic mass is 14.7. The first-order chi connectivity index (χ1) is 14.5. The van der Waals surface area contributed by atoms with Crippen LogP contribution in [0.4, 0.5) is 0 Å². The van der Waals surface area contributed by atoms with Gasteiger partial charge in [0.15, 0.2) is 0 Å². The molecular formula is C30H30. The van der Waals surface area contributed by atoms with Gasteiger partial charge in [-0.05, 0) is 84.5 Å². The predicted molar refractivity (Wildman–Crippen MR) is 122 cm³/mol. The zero-order chi connectivity index (χ0) is 19.9. The van der Waals surface area contributed by atoms with E-state index >= 15 is 0 Å². The smallest absolute Gasteiger partial charge is 0.0137 e. The van der Waals surface area contributed by atoms with Crippen molar-refractivity contribution in [2.75, 3.05) is 0 Å². The molecule has 150 valence electrons. The molecule has 8 bridgehead atoms. The Morgan fingerprint density at radius 2 is 0.800 bits per heavy atom. The fourth-order valence-corrected chi connectivity index (χ4v) is 9.54. The third kappa shape index (κ3) is 1.55. The summed E-state index contributed by atoms with van der Waals surface area (Å²) in [5.41, 5.74) is 15.4. The molecule has 9 aliphatic rings. The summed E-state index contributed by atoms with van der Waals surface area (Å²) in [6.07, 6.45) is 10.7. The van der Waals surface area contributed by atoms with E-state index in [0.717, 1.165) is 0 Å². The molecule has 0 saturated heterocycles. The van der Waals surface area contributed by atoms with Crippen LogP contribution in [0.5, 0.6) is 0 Å². The van der Waals surface area contributed by atoms with Gasteiger partial charge in [-0.3, -0.25) is 0 Å². The second kappa shape index (κ2) is 4.72. The minimum Gasteiger partial charge on any atom is -0.0698 e.